The second-order valence-corrected chi connectivity index (χ2v) is 4.78. The van der Waals surface area contributed by atoms with Crippen molar-refractivity contribution in [2.75, 3.05) is 6.61 Å². The molecule has 0 saturated carbocycles. The molecule has 0 fully saturated rings. The first-order chi connectivity index (χ1) is 8.83. The molecule has 1 aromatic carbocycles. The van der Waals surface area contributed by atoms with Gasteiger partial charge in [-0.3, -0.25) is 14.9 Å². The van der Waals surface area contributed by atoms with E-state index in [1.807, 2.05) is 6.92 Å². The molecule has 0 aliphatic rings. The predicted octanol–water partition coefficient (Wildman–Crippen LogP) is 1.79. The highest BCUT2D eigenvalue weighted by molar-refractivity contribution is 5.95. The van der Waals surface area contributed by atoms with Gasteiger partial charge in [0.25, 0.3) is 11.6 Å². The van der Waals surface area contributed by atoms with Crippen molar-refractivity contribution in [2.24, 2.45) is 0 Å². The number of aliphatic hydroxyl groups excluding tert-OH is 1. The van der Waals surface area contributed by atoms with Gasteiger partial charge in [-0.15, -0.1) is 0 Å². The number of nitro groups is 1. The molecule has 0 aliphatic heterocycles. The molecule has 0 bridgehead atoms. The van der Waals surface area contributed by atoms with Crippen molar-refractivity contribution >= 4 is 11.6 Å². The smallest absolute Gasteiger partial charge is 0.272 e. The maximum Gasteiger partial charge on any atom is 0.272 e. The highest BCUT2D eigenvalue weighted by Gasteiger charge is 2.24. The summed E-state index contributed by atoms with van der Waals surface area (Å²) in [5.41, 5.74) is 0.0697. The average molecular weight is 266 g/mol. The molecule has 0 heterocycles. The highest BCUT2D eigenvalue weighted by Crippen LogP contribution is 2.19. The summed E-state index contributed by atoms with van der Waals surface area (Å²) in [6.45, 7) is 5.02. The molecule has 0 aromatic heterocycles. The van der Waals surface area contributed by atoms with Crippen molar-refractivity contribution in [1.82, 2.24) is 5.32 Å². The van der Waals surface area contributed by atoms with Crippen LogP contribution in [-0.4, -0.2) is 28.1 Å². The van der Waals surface area contributed by atoms with E-state index in [2.05, 4.69) is 5.32 Å². The van der Waals surface area contributed by atoms with Gasteiger partial charge in [0, 0.05) is 17.2 Å². The Labute approximate surface area is 111 Å². The molecule has 2 N–H and O–H groups in total. The number of hydrogen-bond donors (Lipinski definition) is 2. The van der Waals surface area contributed by atoms with Crippen LogP contribution in [-0.2, 0) is 0 Å². The number of aliphatic hydroxyl groups is 1. The van der Waals surface area contributed by atoms with Crippen molar-refractivity contribution in [3.05, 3.63) is 39.4 Å². The van der Waals surface area contributed by atoms with Crippen LogP contribution in [0.1, 0.15) is 36.2 Å². The third kappa shape index (κ3) is 3.51. The summed E-state index contributed by atoms with van der Waals surface area (Å²) < 4.78 is 0. The molecule has 1 aromatic rings. The number of aryl methyl sites for hydroxylation is 1. The molecule has 1 rings (SSSR count). The molecule has 1 atom stereocenters. The van der Waals surface area contributed by atoms with Gasteiger partial charge in [0.05, 0.1) is 17.1 Å². The Morgan fingerprint density at radius 1 is 1.53 bits per heavy atom. The van der Waals surface area contributed by atoms with Crippen LogP contribution in [0.5, 0.6) is 0 Å². The number of nitrogens with zero attached hydrogens (tertiary/aromatic N) is 1. The molecule has 19 heavy (non-hydrogen) atoms. The molecule has 0 saturated heterocycles. The lowest BCUT2D eigenvalue weighted by Gasteiger charge is -2.27. The lowest BCUT2D eigenvalue weighted by Crippen LogP contribution is -2.48. The second-order valence-electron chi connectivity index (χ2n) is 4.78. The number of benzene rings is 1. The van der Waals surface area contributed by atoms with Gasteiger partial charge in [-0.05, 0) is 32.4 Å². The molecule has 0 radical (unpaired) electrons. The van der Waals surface area contributed by atoms with Gasteiger partial charge in [0.2, 0.25) is 0 Å². The van der Waals surface area contributed by atoms with Gasteiger partial charge in [0.1, 0.15) is 0 Å². The third-order valence-electron chi connectivity index (χ3n) is 3.20. The number of hydrogen-bond acceptors (Lipinski definition) is 4. The monoisotopic (exact) mass is 266 g/mol. The molecule has 0 aliphatic carbocycles. The summed E-state index contributed by atoms with van der Waals surface area (Å²) in [6.07, 6.45) is 0.585. The molecular weight excluding hydrogens is 248 g/mol. The third-order valence-corrected chi connectivity index (χ3v) is 3.20. The largest absolute Gasteiger partial charge is 0.394 e. The summed E-state index contributed by atoms with van der Waals surface area (Å²) in [7, 11) is 0. The molecule has 104 valence electrons. The van der Waals surface area contributed by atoms with E-state index >= 15 is 0 Å². The Morgan fingerprint density at radius 2 is 2.16 bits per heavy atom. The van der Waals surface area contributed by atoms with Gasteiger partial charge in [0.15, 0.2) is 0 Å². The summed E-state index contributed by atoms with van der Waals surface area (Å²) >= 11 is 0. The lowest BCUT2D eigenvalue weighted by molar-refractivity contribution is -0.385. The summed E-state index contributed by atoms with van der Waals surface area (Å²) in [6, 6.07) is 4.20. The zero-order chi connectivity index (χ0) is 14.6. The Morgan fingerprint density at radius 3 is 2.58 bits per heavy atom. The van der Waals surface area contributed by atoms with Crippen molar-refractivity contribution in [3.63, 3.8) is 0 Å². The quantitative estimate of drug-likeness (QED) is 0.627. The number of carbonyl (C=O) groups excluding carboxylic acids is 1. The van der Waals surface area contributed by atoms with Crippen LogP contribution in [0.4, 0.5) is 5.69 Å². The number of carbonyl (C=O) groups is 1. The minimum absolute atomic E-state index is 0.0167. The first kappa shape index (κ1) is 15.1. The van der Waals surface area contributed by atoms with E-state index in [4.69, 9.17) is 0 Å². The van der Waals surface area contributed by atoms with Gasteiger partial charge < -0.3 is 10.4 Å². The molecule has 6 heteroatoms. The van der Waals surface area contributed by atoms with Crippen molar-refractivity contribution in [3.8, 4) is 0 Å². The maximum atomic E-state index is 12.0. The van der Waals surface area contributed by atoms with Crippen LogP contribution in [0.3, 0.4) is 0 Å². The van der Waals surface area contributed by atoms with Crippen LogP contribution < -0.4 is 5.32 Å². The van der Waals surface area contributed by atoms with E-state index < -0.39 is 10.5 Å². The van der Waals surface area contributed by atoms with E-state index in [0.29, 0.717) is 17.5 Å². The second kappa shape index (κ2) is 5.79. The summed E-state index contributed by atoms with van der Waals surface area (Å²) in [4.78, 5) is 22.2. The van der Waals surface area contributed by atoms with Crippen molar-refractivity contribution < 1.29 is 14.8 Å². The van der Waals surface area contributed by atoms with E-state index in [1.54, 1.807) is 13.8 Å². The van der Waals surface area contributed by atoms with Crippen molar-refractivity contribution in [2.45, 2.75) is 32.7 Å². The molecule has 0 spiro atoms. The van der Waals surface area contributed by atoms with Gasteiger partial charge in [-0.1, -0.05) is 6.92 Å². The summed E-state index contributed by atoms with van der Waals surface area (Å²) in [5, 5.41) is 22.7. The maximum absolute atomic E-state index is 12.0. The average Bonchev–Trinajstić information content (AvgIpc) is 2.37. The lowest BCUT2D eigenvalue weighted by atomic mass is 9.99. The minimum atomic E-state index is -0.688. The molecule has 1 unspecified atom stereocenters. The van der Waals surface area contributed by atoms with Crippen LogP contribution >= 0.6 is 0 Å². The first-order valence-corrected chi connectivity index (χ1v) is 6.01. The Hall–Kier alpha value is -1.95. The fourth-order valence-electron chi connectivity index (χ4n) is 1.59. The SMILES string of the molecule is CCC(C)(CO)NC(=O)c1ccc([N+](=O)[O-])c(C)c1. The number of nitro benzene ring substituents is 1. The van der Waals surface area contributed by atoms with Crippen LogP contribution in [0.15, 0.2) is 18.2 Å². The molecule has 1 amide bonds. The minimum Gasteiger partial charge on any atom is -0.394 e. The fraction of sp³-hybridized carbons (Fsp3) is 0.462. The first-order valence-electron chi connectivity index (χ1n) is 6.01. The van der Waals surface area contributed by atoms with E-state index in [9.17, 15) is 20.0 Å². The molecular formula is C13H18N2O4. The van der Waals surface area contributed by atoms with Gasteiger partial charge in [-0.2, -0.15) is 0 Å². The Balaban J connectivity index is 2.96. The Kier molecular flexibility index (Phi) is 4.61. The normalized spacial score (nSPS) is 13.7. The zero-order valence-corrected chi connectivity index (χ0v) is 11.3. The number of nitrogens with one attached hydrogen (secondary N) is 1. The van der Waals surface area contributed by atoms with Crippen molar-refractivity contribution in [1.29, 1.82) is 0 Å². The number of amides is 1. The topological polar surface area (TPSA) is 92.5 Å². The van der Waals surface area contributed by atoms with Crippen LogP contribution in [0.2, 0.25) is 0 Å². The molecule has 6 nitrogen and oxygen atoms in total. The van der Waals surface area contributed by atoms with Gasteiger partial charge in [-0.25, -0.2) is 0 Å². The van der Waals surface area contributed by atoms with E-state index in [-0.39, 0.29) is 18.2 Å². The number of rotatable bonds is 5. The van der Waals surface area contributed by atoms with E-state index in [0.717, 1.165) is 0 Å². The van der Waals surface area contributed by atoms with Crippen LogP contribution in [0, 0.1) is 17.0 Å². The Bertz CT molecular complexity index is 495. The van der Waals surface area contributed by atoms with Crippen LogP contribution in [0.25, 0.3) is 0 Å². The fourth-order valence-corrected chi connectivity index (χ4v) is 1.59. The van der Waals surface area contributed by atoms with E-state index in [1.165, 1.54) is 18.2 Å². The predicted molar refractivity (Wildman–Crippen MR) is 71.1 cm³/mol. The standard InChI is InChI=1S/C13H18N2O4/c1-4-13(3,8-16)14-12(17)10-5-6-11(15(18)19)9(2)7-10/h5-7,16H,4,8H2,1-3H3,(H,14,17). The summed E-state index contributed by atoms with van der Waals surface area (Å²) in [5.74, 6) is -0.351. The highest BCUT2D eigenvalue weighted by atomic mass is 16.6. The zero-order valence-electron chi connectivity index (χ0n) is 11.3. The van der Waals surface area contributed by atoms with Gasteiger partial charge >= 0.3 is 0 Å².